The van der Waals surface area contributed by atoms with Crippen LogP contribution in [-0.4, -0.2) is 29.4 Å². The molecule has 0 fully saturated rings. The second-order valence-electron chi connectivity index (χ2n) is 5.03. The lowest BCUT2D eigenvalue weighted by molar-refractivity contribution is -0.135. The molecule has 1 aromatic carbocycles. The van der Waals surface area contributed by atoms with E-state index in [1.807, 2.05) is 0 Å². The van der Waals surface area contributed by atoms with Crippen LogP contribution in [0.15, 0.2) is 29.7 Å². The van der Waals surface area contributed by atoms with E-state index < -0.39 is 12.1 Å². The summed E-state index contributed by atoms with van der Waals surface area (Å²) in [5.74, 6) is -0.547. The van der Waals surface area contributed by atoms with Gasteiger partial charge >= 0.3 is 5.97 Å². The van der Waals surface area contributed by atoms with Gasteiger partial charge in [-0.2, -0.15) is 0 Å². The van der Waals surface area contributed by atoms with Crippen LogP contribution in [0.4, 0.5) is 0 Å². The summed E-state index contributed by atoms with van der Waals surface area (Å²) in [6, 6.07) is 4.80. The molecule has 0 bridgehead atoms. The van der Waals surface area contributed by atoms with Crippen LogP contribution in [0.2, 0.25) is 0 Å². The molecule has 0 saturated carbocycles. The van der Waals surface area contributed by atoms with E-state index in [1.54, 1.807) is 18.2 Å². The molecule has 0 radical (unpaired) electrons. The summed E-state index contributed by atoms with van der Waals surface area (Å²) < 4.78 is 16.1. The molecule has 120 valence electrons. The smallest absolute Gasteiger partial charge is 0.375 e. The molecule has 0 amide bonds. The van der Waals surface area contributed by atoms with E-state index in [0.29, 0.717) is 17.9 Å². The molecular formula is C16H20O6. The zero-order valence-electron chi connectivity index (χ0n) is 12.7. The standard InChI is InChI=1S/C16H20O6/c1-3-4-5-6-11(17)14-15(16(18)19)21-12-8-7-10(20-2)9-13(12)22-14/h7-9,11,17H,3-6H2,1-2H3,(H,18,19). The van der Waals surface area contributed by atoms with Gasteiger partial charge in [0.15, 0.2) is 17.3 Å². The number of aliphatic carboxylic acids is 1. The van der Waals surface area contributed by atoms with Gasteiger partial charge in [0.05, 0.1) is 7.11 Å². The van der Waals surface area contributed by atoms with Gasteiger partial charge < -0.3 is 24.4 Å². The van der Waals surface area contributed by atoms with Gasteiger partial charge in [-0.15, -0.1) is 0 Å². The van der Waals surface area contributed by atoms with E-state index >= 15 is 0 Å². The maximum Gasteiger partial charge on any atom is 0.375 e. The second-order valence-corrected chi connectivity index (χ2v) is 5.03. The minimum Gasteiger partial charge on any atom is -0.497 e. The molecule has 1 atom stereocenters. The van der Waals surface area contributed by atoms with Crippen LogP contribution < -0.4 is 14.2 Å². The van der Waals surface area contributed by atoms with Crippen LogP contribution in [0.1, 0.15) is 32.6 Å². The molecule has 22 heavy (non-hydrogen) atoms. The van der Waals surface area contributed by atoms with Gasteiger partial charge in [-0.1, -0.05) is 26.2 Å². The van der Waals surface area contributed by atoms with Crippen molar-refractivity contribution in [2.24, 2.45) is 0 Å². The second kappa shape index (κ2) is 7.17. The quantitative estimate of drug-likeness (QED) is 0.753. The first-order chi connectivity index (χ1) is 10.6. The lowest BCUT2D eigenvalue weighted by Gasteiger charge is -2.24. The maximum absolute atomic E-state index is 11.3. The first kappa shape index (κ1) is 16.2. The molecule has 1 unspecified atom stereocenters. The molecule has 1 aliphatic rings. The SMILES string of the molecule is CCCCCC(O)C1=C(C(=O)O)Oc2ccc(OC)cc2O1. The number of fused-ring (bicyclic) bond motifs is 1. The molecule has 0 spiro atoms. The Morgan fingerprint density at radius 2 is 2.05 bits per heavy atom. The van der Waals surface area contributed by atoms with Crippen molar-refractivity contribution in [2.75, 3.05) is 7.11 Å². The first-order valence-electron chi connectivity index (χ1n) is 7.26. The van der Waals surface area contributed by atoms with Crippen LogP contribution in [0.5, 0.6) is 17.2 Å². The summed E-state index contributed by atoms with van der Waals surface area (Å²) in [7, 11) is 1.52. The molecule has 6 nitrogen and oxygen atoms in total. The van der Waals surface area contributed by atoms with Crippen molar-refractivity contribution < 1.29 is 29.2 Å². The molecule has 1 aliphatic heterocycles. The Morgan fingerprint density at radius 1 is 1.27 bits per heavy atom. The summed E-state index contributed by atoms with van der Waals surface area (Å²) in [5.41, 5.74) is 0. The highest BCUT2D eigenvalue weighted by molar-refractivity contribution is 5.86. The van der Waals surface area contributed by atoms with Crippen molar-refractivity contribution in [1.82, 2.24) is 0 Å². The highest BCUT2D eigenvalue weighted by atomic mass is 16.6. The zero-order chi connectivity index (χ0) is 16.1. The number of ether oxygens (including phenoxy) is 3. The zero-order valence-corrected chi connectivity index (χ0v) is 12.7. The van der Waals surface area contributed by atoms with Crippen LogP contribution >= 0.6 is 0 Å². The number of rotatable bonds is 7. The number of carboxylic acid groups (broad SMARTS) is 1. The third-order valence-electron chi connectivity index (χ3n) is 3.38. The van der Waals surface area contributed by atoms with Crippen LogP contribution in [-0.2, 0) is 4.79 Å². The molecule has 1 aromatic rings. The summed E-state index contributed by atoms with van der Waals surface area (Å²) >= 11 is 0. The number of aliphatic hydroxyl groups excluding tert-OH is 1. The van der Waals surface area contributed by atoms with Crippen molar-refractivity contribution in [3.05, 3.63) is 29.7 Å². The number of unbranched alkanes of at least 4 members (excludes halogenated alkanes) is 2. The molecule has 2 N–H and O–H groups in total. The van der Waals surface area contributed by atoms with Gasteiger partial charge in [-0.25, -0.2) is 4.79 Å². The Morgan fingerprint density at radius 3 is 2.68 bits per heavy atom. The first-order valence-corrected chi connectivity index (χ1v) is 7.26. The van der Waals surface area contributed by atoms with E-state index in [4.69, 9.17) is 14.2 Å². The topological polar surface area (TPSA) is 85.2 Å². The molecule has 0 aliphatic carbocycles. The van der Waals surface area contributed by atoms with Crippen molar-refractivity contribution in [1.29, 1.82) is 0 Å². The predicted molar refractivity (Wildman–Crippen MR) is 79.1 cm³/mol. The van der Waals surface area contributed by atoms with Gasteiger partial charge in [0, 0.05) is 6.07 Å². The third kappa shape index (κ3) is 3.51. The van der Waals surface area contributed by atoms with Gasteiger partial charge in [-0.05, 0) is 18.6 Å². The van der Waals surface area contributed by atoms with Crippen LogP contribution in [0.25, 0.3) is 0 Å². The Hall–Kier alpha value is -2.21. The average molecular weight is 308 g/mol. The van der Waals surface area contributed by atoms with Crippen molar-refractivity contribution in [3.8, 4) is 17.2 Å². The number of benzene rings is 1. The van der Waals surface area contributed by atoms with Crippen LogP contribution in [0.3, 0.4) is 0 Å². The molecular weight excluding hydrogens is 288 g/mol. The molecule has 0 saturated heterocycles. The average Bonchev–Trinajstić information content (AvgIpc) is 2.53. The van der Waals surface area contributed by atoms with E-state index in [-0.39, 0.29) is 17.3 Å². The van der Waals surface area contributed by atoms with Gasteiger partial charge in [0.2, 0.25) is 0 Å². The van der Waals surface area contributed by atoms with Gasteiger partial charge in [-0.3, -0.25) is 0 Å². The van der Waals surface area contributed by atoms with Gasteiger partial charge in [0.25, 0.3) is 5.76 Å². The normalized spacial score (nSPS) is 14.7. The summed E-state index contributed by atoms with van der Waals surface area (Å²) in [6.07, 6.45) is 2.15. The number of methoxy groups -OCH3 is 1. The van der Waals surface area contributed by atoms with Gasteiger partial charge in [0.1, 0.15) is 11.9 Å². The number of hydrogen-bond acceptors (Lipinski definition) is 5. The lowest BCUT2D eigenvalue weighted by atomic mass is 10.1. The minimum atomic E-state index is -1.27. The summed E-state index contributed by atoms with van der Waals surface area (Å²) in [5, 5.41) is 19.5. The van der Waals surface area contributed by atoms with E-state index in [2.05, 4.69) is 6.92 Å². The highest BCUT2D eigenvalue weighted by Crippen LogP contribution is 2.39. The number of carbonyl (C=O) groups is 1. The van der Waals surface area contributed by atoms with E-state index in [1.165, 1.54) is 7.11 Å². The molecule has 6 heteroatoms. The fraction of sp³-hybridized carbons (Fsp3) is 0.438. The Kier molecular flexibility index (Phi) is 5.27. The number of aliphatic hydroxyl groups is 1. The van der Waals surface area contributed by atoms with Crippen molar-refractivity contribution in [3.63, 3.8) is 0 Å². The number of carboxylic acids is 1. The Bertz CT molecular complexity index is 578. The largest absolute Gasteiger partial charge is 0.497 e. The van der Waals surface area contributed by atoms with E-state index in [0.717, 1.165) is 19.3 Å². The molecule has 0 aromatic heterocycles. The predicted octanol–water partition coefficient (Wildman–Crippen LogP) is 2.70. The Balaban J connectivity index is 2.25. The van der Waals surface area contributed by atoms with Crippen molar-refractivity contribution in [2.45, 2.75) is 38.7 Å². The fourth-order valence-corrected chi connectivity index (χ4v) is 2.19. The summed E-state index contributed by atoms with van der Waals surface area (Å²) in [6.45, 7) is 2.05. The fourth-order valence-electron chi connectivity index (χ4n) is 2.19. The Labute approximate surface area is 128 Å². The minimum absolute atomic E-state index is 0.0654. The monoisotopic (exact) mass is 308 g/mol. The highest BCUT2D eigenvalue weighted by Gasteiger charge is 2.31. The number of hydrogen-bond donors (Lipinski definition) is 2. The summed E-state index contributed by atoms with van der Waals surface area (Å²) in [4.78, 5) is 11.3. The molecule has 2 rings (SSSR count). The molecule has 1 heterocycles. The lowest BCUT2D eigenvalue weighted by Crippen LogP contribution is -2.26. The van der Waals surface area contributed by atoms with E-state index in [9.17, 15) is 15.0 Å². The van der Waals surface area contributed by atoms with Crippen LogP contribution in [0, 0.1) is 0 Å². The third-order valence-corrected chi connectivity index (χ3v) is 3.38. The maximum atomic E-state index is 11.3. The van der Waals surface area contributed by atoms with Crippen molar-refractivity contribution >= 4 is 5.97 Å².